The number of ether oxygens (including phenoxy) is 1. The molecule has 0 atom stereocenters. The average Bonchev–Trinajstić information content (AvgIpc) is 2.70. The van der Waals surface area contributed by atoms with Crippen molar-refractivity contribution >= 4 is 15.9 Å². The molecule has 0 unspecified atom stereocenters. The van der Waals surface area contributed by atoms with E-state index in [0.717, 1.165) is 4.47 Å². The molecule has 5 heteroatoms. The van der Waals surface area contributed by atoms with Crippen LogP contribution in [-0.4, -0.2) is 5.11 Å². The van der Waals surface area contributed by atoms with Gasteiger partial charge in [-0.1, -0.05) is 71.9 Å². The summed E-state index contributed by atoms with van der Waals surface area (Å²) in [5, 5.41) is 8.63. The molecular weight excluding hydrogens is 450 g/mol. The Kier molecular flexibility index (Phi) is 11.5. The first kappa shape index (κ1) is 24.9. The van der Waals surface area contributed by atoms with E-state index in [0.29, 0.717) is 17.2 Å². The predicted octanol–water partition coefficient (Wildman–Crippen LogP) is 8.23. The van der Waals surface area contributed by atoms with E-state index in [4.69, 9.17) is 9.84 Å². The van der Waals surface area contributed by atoms with Crippen LogP contribution in [0.5, 0.6) is 17.2 Å². The molecule has 0 aliphatic rings. The maximum Gasteiger partial charge on any atom is 0.130 e. The fraction of sp³-hybridized carbons (Fsp3) is 0.0400. The zero-order valence-electron chi connectivity index (χ0n) is 15.4. The van der Waals surface area contributed by atoms with Crippen LogP contribution in [0.25, 0.3) is 0 Å². The third-order valence-electron chi connectivity index (χ3n) is 3.32. The lowest BCUT2D eigenvalue weighted by atomic mass is 10.3. The first-order valence-electron chi connectivity index (χ1n) is 8.66. The summed E-state index contributed by atoms with van der Waals surface area (Å²) in [6.45, 7) is 0. The highest BCUT2D eigenvalue weighted by atomic mass is 79.9. The molecule has 4 aromatic carbocycles. The molecule has 0 aliphatic carbocycles. The molecule has 0 radical (unpaired) electrons. The Morgan fingerprint density at radius 2 is 1.10 bits per heavy atom. The summed E-state index contributed by atoms with van der Waals surface area (Å²) in [4.78, 5) is 0. The molecule has 4 aromatic rings. The van der Waals surface area contributed by atoms with Gasteiger partial charge in [0.25, 0.3) is 0 Å². The lowest BCUT2D eigenvalue weighted by molar-refractivity contribution is 0.475. The number of hydrogen-bond donors (Lipinski definition) is 1. The largest absolute Gasteiger partial charge is 0.508 e. The quantitative estimate of drug-likeness (QED) is 0.318. The number of benzene rings is 4. The van der Waals surface area contributed by atoms with Crippen molar-refractivity contribution in [2.75, 3.05) is 0 Å². The number of hydrogen-bond acceptors (Lipinski definition) is 2. The molecule has 1 N–H and O–H groups in total. The summed E-state index contributed by atoms with van der Waals surface area (Å²) >= 11 is 3.12. The monoisotopic (exact) mass is 472 g/mol. The van der Waals surface area contributed by atoms with Gasteiger partial charge in [-0.25, -0.2) is 8.78 Å². The second-order valence-electron chi connectivity index (χ2n) is 5.65. The number of phenols is 1. The van der Waals surface area contributed by atoms with Gasteiger partial charge in [0.05, 0.1) is 0 Å². The fourth-order valence-electron chi connectivity index (χ4n) is 2.04. The van der Waals surface area contributed by atoms with Crippen LogP contribution in [-0.2, 0) is 0 Å². The molecule has 0 heterocycles. The van der Waals surface area contributed by atoms with Crippen LogP contribution < -0.4 is 4.74 Å². The molecule has 0 bridgehead atoms. The lowest BCUT2D eigenvalue weighted by Gasteiger charge is -2.04. The van der Waals surface area contributed by atoms with Gasteiger partial charge >= 0.3 is 0 Å². The van der Waals surface area contributed by atoms with Gasteiger partial charge in [0.2, 0.25) is 0 Å². The van der Waals surface area contributed by atoms with E-state index < -0.39 is 0 Å². The molecule has 0 saturated heterocycles. The van der Waals surface area contributed by atoms with Gasteiger partial charge in [0.1, 0.15) is 28.9 Å². The van der Waals surface area contributed by atoms with Crippen LogP contribution in [0.3, 0.4) is 0 Å². The standard InChI is InChI=1S/C12H9FO.C6H4BrF.C6H6O.CH4/c13-10-5-4-8-12(9-10)14-11-6-2-1-3-7-11;7-5-2-1-3-6(8)4-5;7-6-4-2-1-3-5-6;/h1-9H;1-4H;1-5,7H;1H4. The summed E-state index contributed by atoms with van der Waals surface area (Å²) in [7, 11) is 0. The molecule has 0 fully saturated rings. The normalized spacial score (nSPS) is 9.03. The van der Waals surface area contributed by atoms with Crippen LogP contribution in [0.15, 0.2) is 114 Å². The molecule has 2 nitrogen and oxygen atoms in total. The van der Waals surface area contributed by atoms with Gasteiger partial charge in [-0.05, 0) is 54.6 Å². The van der Waals surface area contributed by atoms with Gasteiger partial charge in [-0.2, -0.15) is 0 Å². The van der Waals surface area contributed by atoms with Gasteiger partial charge in [-0.3, -0.25) is 0 Å². The molecule has 30 heavy (non-hydrogen) atoms. The third-order valence-corrected chi connectivity index (χ3v) is 3.81. The molecule has 0 aromatic heterocycles. The van der Waals surface area contributed by atoms with E-state index >= 15 is 0 Å². The summed E-state index contributed by atoms with van der Waals surface area (Å²) in [6, 6.07) is 30.3. The van der Waals surface area contributed by atoms with Crippen LogP contribution in [0, 0.1) is 11.6 Å². The molecule has 0 saturated carbocycles. The molecule has 0 amide bonds. The SMILES string of the molecule is C.Fc1cccc(Br)c1.Fc1cccc(Oc2ccccc2)c1.Oc1ccccc1. The Morgan fingerprint density at radius 1 is 0.600 bits per heavy atom. The Bertz CT molecular complexity index is 963. The van der Waals surface area contributed by atoms with Crippen LogP contribution in [0.4, 0.5) is 8.78 Å². The Hall–Kier alpha value is -3.18. The number of phenolic OH excluding ortho intramolecular Hbond substituents is 1. The second-order valence-corrected chi connectivity index (χ2v) is 6.56. The van der Waals surface area contributed by atoms with Crippen molar-refractivity contribution in [2.24, 2.45) is 0 Å². The van der Waals surface area contributed by atoms with Crippen molar-refractivity contribution in [3.63, 3.8) is 0 Å². The minimum absolute atomic E-state index is 0. The third kappa shape index (κ3) is 10.4. The Balaban J connectivity index is 0.000000241. The van der Waals surface area contributed by atoms with Crippen molar-refractivity contribution in [1.29, 1.82) is 0 Å². The number of rotatable bonds is 2. The molecule has 0 aliphatic heterocycles. The summed E-state index contributed by atoms with van der Waals surface area (Å²) in [6.07, 6.45) is 0. The smallest absolute Gasteiger partial charge is 0.130 e. The van der Waals surface area contributed by atoms with E-state index in [1.54, 1.807) is 48.5 Å². The van der Waals surface area contributed by atoms with Crippen molar-refractivity contribution in [1.82, 2.24) is 0 Å². The summed E-state index contributed by atoms with van der Waals surface area (Å²) in [5.74, 6) is 1.04. The fourth-order valence-corrected chi connectivity index (χ4v) is 2.41. The van der Waals surface area contributed by atoms with E-state index in [2.05, 4.69) is 15.9 Å². The molecule has 156 valence electrons. The average molecular weight is 473 g/mol. The molecule has 4 rings (SSSR count). The number of para-hydroxylation sites is 2. The van der Waals surface area contributed by atoms with Gasteiger partial charge in [-0.15, -0.1) is 0 Å². The van der Waals surface area contributed by atoms with Crippen molar-refractivity contribution in [3.8, 4) is 17.2 Å². The predicted molar refractivity (Wildman–Crippen MR) is 122 cm³/mol. The highest BCUT2D eigenvalue weighted by molar-refractivity contribution is 9.10. The maximum absolute atomic E-state index is 12.8. The van der Waals surface area contributed by atoms with Crippen LogP contribution >= 0.6 is 15.9 Å². The zero-order valence-corrected chi connectivity index (χ0v) is 17.0. The zero-order chi connectivity index (χ0) is 20.9. The van der Waals surface area contributed by atoms with E-state index in [1.807, 2.05) is 36.4 Å². The maximum atomic E-state index is 12.8. The van der Waals surface area contributed by atoms with E-state index in [1.165, 1.54) is 24.3 Å². The number of halogens is 3. The van der Waals surface area contributed by atoms with Crippen molar-refractivity contribution < 1.29 is 18.6 Å². The Labute approximate surface area is 184 Å². The van der Waals surface area contributed by atoms with Crippen molar-refractivity contribution in [3.05, 3.63) is 125 Å². The minimum atomic E-state index is -0.293. The molecule has 0 spiro atoms. The highest BCUT2D eigenvalue weighted by Crippen LogP contribution is 2.20. The topological polar surface area (TPSA) is 29.5 Å². The second kappa shape index (κ2) is 13.9. The summed E-state index contributed by atoms with van der Waals surface area (Å²) in [5.41, 5.74) is 0. The van der Waals surface area contributed by atoms with Crippen LogP contribution in [0.2, 0.25) is 0 Å². The molecular formula is C25H23BrF2O2. The number of aromatic hydroxyl groups is 1. The van der Waals surface area contributed by atoms with Gasteiger partial charge < -0.3 is 9.84 Å². The first-order valence-corrected chi connectivity index (χ1v) is 9.46. The van der Waals surface area contributed by atoms with Crippen LogP contribution in [0.1, 0.15) is 7.43 Å². The van der Waals surface area contributed by atoms with Crippen molar-refractivity contribution in [2.45, 2.75) is 7.43 Å². The van der Waals surface area contributed by atoms with E-state index in [9.17, 15) is 8.78 Å². The summed E-state index contributed by atoms with van der Waals surface area (Å²) < 4.78 is 31.1. The first-order chi connectivity index (χ1) is 14.0. The Morgan fingerprint density at radius 3 is 1.53 bits per heavy atom. The lowest BCUT2D eigenvalue weighted by Crippen LogP contribution is -1.83. The highest BCUT2D eigenvalue weighted by Gasteiger charge is 1.96. The minimum Gasteiger partial charge on any atom is -0.508 e. The van der Waals surface area contributed by atoms with E-state index in [-0.39, 0.29) is 19.1 Å². The van der Waals surface area contributed by atoms with Gasteiger partial charge in [0.15, 0.2) is 0 Å². The van der Waals surface area contributed by atoms with Gasteiger partial charge in [0, 0.05) is 10.5 Å².